The van der Waals surface area contributed by atoms with Crippen molar-refractivity contribution in [1.82, 2.24) is 14.9 Å². The molecule has 1 unspecified atom stereocenters. The van der Waals surface area contributed by atoms with E-state index >= 15 is 0 Å². The summed E-state index contributed by atoms with van der Waals surface area (Å²) in [6.07, 6.45) is 5.53. The summed E-state index contributed by atoms with van der Waals surface area (Å²) in [6.45, 7) is 5.66. The summed E-state index contributed by atoms with van der Waals surface area (Å²) >= 11 is 3.57. The molecular formula is C17H23N3OS2. The smallest absolute Gasteiger partial charge is 0.123 e. The maximum Gasteiger partial charge on any atom is 0.123 e. The normalized spacial score (nSPS) is 23.6. The summed E-state index contributed by atoms with van der Waals surface area (Å²) in [5.74, 6) is 0.726. The Labute approximate surface area is 145 Å². The van der Waals surface area contributed by atoms with Crippen LogP contribution in [0.4, 0.5) is 0 Å². The topological polar surface area (TPSA) is 38.2 Å². The lowest BCUT2D eigenvalue weighted by Gasteiger charge is -2.31. The van der Waals surface area contributed by atoms with Crippen molar-refractivity contribution in [2.24, 2.45) is 0 Å². The second-order valence-electron chi connectivity index (χ2n) is 6.58. The predicted octanol–water partition coefficient (Wildman–Crippen LogP) is 4.14. The van der Waals surface area contributed by atoms with Crippen LogP contribution in [0.15, 0.2) is 10.8 Å². The first-order chi connectivity index (χ1) is 11.3. The molecule has 2 aliphatic rings. The maximum absolute atomic E-state index is 5.92. The zero-order valence-corrected chi connectivity index (χ0v) is 15.2. The molecule has 2 aromatic rings. The Morgan fingerprint density at radius 2 is 2.00 bits per heavy atom. The molecule has 23 heavy (non-hydrogen) atoms. The SMILES string of the molecule is Cc1csc(C2CN(Cc3csc(C4CCCC4)n3)CCO2)n1. The number of hydrogen-bond donors (Lipinski definition) is 0. The number of thiazole rings is 2. The van der Waals surface area contributed by atoms with Crippen molar-refractivity contribution >= 4 is 22.7 Å². The van der Waals surface area contributed by atoms with Crippen LogP contribution in [0.2, 0.25) is 0 Å². The summed E-state index contributed by atoms with van der Waals surface area (Å²) < 4.78 is 5.92. The van der Waals surface area contributed by atoms with Crippen LogP contribution in [0.25, 0.3) is 0 Å². The van der Waals surface area contributed by atoms with E-state index in [0.717, 1.165) is 42.9 Å². The van der Waals surface area contributed by atoms with Gasteiger partial charge in [-0.05, 0) is 19.8 Å². The van der Waals surface area contributed by atoms with Gasteiger partial charge < -0.3 is 4.74 Å². The lowest BCUT2D eigenvalue weighted by Crippen LogP contribution is -2.37. The van der Waals surface area contributed by atoms with Gasteiger partial charge in [0.2, 0.25) is 0 Å². The predicted molar refractivity (Wildman–Crippen MR) is 94.1 cm³/mol. The summed E-state index contributed by atoms with van der Waals surface area (Å²) in [5, 5.41) is 6.83. The number of hydrogen-bond acceptors (Lipinski definition) is 6. The minimum atomic E-state index is 0.121. The summed E-state index contributed by atoms with van der Waals surface area (Å²) in [6, 6.07) is 0. The molecule has 0 amide bonds. The molecule has 0 radical (unpaired) electrons. The van der Waals surface area contributed by atoms with Crippen LogP contribution in [0.3, 0.4) is 0 Å². The molecule has 3 heterocycles. The Morgan fingerprint density at radius 1 is 1.17 bits per heavy atom. The molecule has 2 fully saturated rings. The monoisotopic (exact) mass is 349 g/mol. The van der Waals surface area contributed by atoms with Crippen LogP contribution in [0, 0.1) is 6.92 Å². The van der Waals surface area contributed by atoms with E-state index in [-0.39, 0.29) is 6.10 Å². The lowest BCUT2D eigenvalue weighted by molar-refractivity contribution is -0.0333. The van der Waals surface area contributed by atoms with Crippen molar-refractivity contribution in [3.63, 3.8) is 0 Å². The highest BCUT2D eigenvalue weighted by atomic mass is 32.1. The van der Waals surface area contributed by atoms with Crippen LogP contribution in [-0.2, 0) is 11.3 Å². The van der Waals surface area contributed by atoms with E-state index in [1.165, 1.54) is 36.4 Å². The van der Waals surface area contributed by atoms with E-state index < -0.39 is 0 Å². The highest BCUT2D eigenvalue weighted by Crippen LogP contribution is 2.36. The largest absolute Gasteiger partial charge is 0.368 e. The van der Waals surface area contributed by atoms with Crippen molar-refractivity contribution in [3.05, 3.63) is 32.2 Å². The molecule has 1 atom stereocenters. The standard InChI is InChI=1S/C17H23N3OS2/c1-12-10-22-17(18-12)15-9-20(6-7-21-15)8-14-11-23-16(19-14)13-4-2-3-5-13/h10-11,13,15H,2-9H2,1H3. The third-order valence-electron chi connectivity index (χ3n) is 4.72. The first-order valence-corrected chi connectivity index (χ1v) is 10.2. The van der Waals surface area contributed by atoms with Gasteiger partial charge in [0.15, 0.2) is 0 Å². The molecule has 6 heteroatoms. The summed E-state index contributed by atoms with van der Waals surface area (Å²) in [4.78, 5) is 12.0. The number of aromatic nitrogens is 2. The lowest BCUT2D eigenvalue weighted by atomic mass is 10.1. The van der Waals surface area contributed by atoms with Crippen LogP contribution in [-0.4, -0.2) is 34.6 Å². The van der Waals surface area contributed by atoms with Crippen LogP contribution >= 0.6 is 22.7 Å². The Bertz CT molecular complexity index is 648. The van der Waals surface area contributed by atoms with Gasteiger partial charge in [-0.3, -0.25) is 4.90 Å². The number of morpholine rings is 1. The van der Waals surface area contributed by atoms with Gasteiger partial charge in [-0.2, -0.15) is 0 Å². The number of aryl methyl sites for hydroxylation is 1. The molecule has 1 aliphatic carbocycles. The minimum absolute atomic E-state index is 0.121. The number of ether oxygens (including phenoxy) is 1. The highest BCUT2D eigenvalue weighted by Gasteiger charge is 2.25. The average Bonchev–Trinajstić information content (AvgIpc) is 3.28. The Balaban J connectivity index is 1.38. The molecular weight excluding hydrogens is 326 g/mol. The third-order valence-corrected chi connectivity index (χ3v) is 6.83. The molecule has 0 spiro atoms. The van der Waals surface area contributed by atoms with Gasteiger partial charge in [0, 0.05) is 42.0 Å². The quantitative estimate of drug-likeness (QED) is 0.831. The van der Waals surface area contributed by atoms with Gasteiger partial charge in [0.05, 0.1) is 17.3 Å². The van der Waals surface area contributed by atoms with Crippen molar-refractivity contribution in [2.75, 3.05) is 19.7 Å². The first-order valence-electron chi connectivity index (χ1n) is 8.48. The van der Waals surface area contributed by atoms with Gasteiger partial charge in [-0.25, -0.2) is 9.97 Å². The summed E-state index contributed by atoms with van der Waals surface area (Å²) in [5.41, 5.74) is 2.32. The van der Waals surface area contributed by atoms with E-state index in [1.54, 1.807) is 11.3 Å². The molecule has 124 valence electrons. The fourth-order valence-electron chi connectivity index (χ4n) is 3.50. The zero-order chi connectivity index (χ0) is 15.6. The third kappa shape index (κ3) is 3.65. The van der Waals surface area contributed by atoms with Crippen LogP contribution < -0.4 is 0 Å². The second-order valence-corrected chi connectivity index (χ2v) is 8.36. The highest BCUT2D eigenvalue weighted by molar-refractivity contribution is 7.10. The molecule has 2 aromatic heterocycles. The maximum atomic E-state index is 5.92. The van der Waals surface area contributed by atoms with E-state index in [9.17, 15) is 0 Å². The fraction of sp³-hybridized carbons (Fsp3) is 0.647. The molecule has 1 saturated carbocycles. The fourth-order valence-corrected chi connectivity index (χ4v) is 5.32. The van der Waals surface area contributed by atoms with Gasteiger partial charge in [0.1, 0.15) is 11.1 Å². The Kier molecular flexibility index (Phi) is 4.76. The first kappa shape index (κ1) is 15.7. The molecule has 4 nitrogen and oxygen atoms in total. The number of nitrogens with zero attached hydrogens (tertiary/aromatic N) is 3. The van der Waals surface area contributed by atoms with Gasteiger partial charge in [0.25, 0.3) is 0 Å². The molecule has 1 aliphatic heterocycles. The minimum Gasteiger partial charge on any atom is -0.368 e. The van der Waals surface area contributed by atoms with Crippen LogP contribution in [0.1, 0.15) is 59.1 Å². The molecule has 0 bridgehead atoms. The summed E-state index contributed by atoms with van der Waals surface area (Å²) in [7, 11) is 0. The van der Waals surface area contributed by atoms with E-state index in [1.807, 2.05) is 18.3 Å². The van der Waals surface area contributed by atoms with Crippen molar-refractivity contribution in [2.45, 2.75) is 51.2 Å². The molecule has 1 saturated heterocycles. The van der Waals surface area contributed by atoms with Gasteiger partial charge in [-0.15, -0.1) is 22.7 Å². The van der Waals surface area contributed by atoms with Crippen molar-refractivity contribution in [3.8, 4) is 0 Å². The second kappa shape index (κ2) is 6.97. The van der Waals surface area contributed by atoms with Gasteiger partial charge in [-0.1, -0.05) is 12.8 Å². The Morgan fingerprint density at radius 3 is 2.78 bits per heavy atom. The van der Waals surface area contributed by atoms with Crippen molar-refractivity contribution < 1.29 is 4.74 Å². The Hall–Kier alpha value is -0.820. The molecule has 4 rings (SSSR count). The van der Waals surface area contributed by atoms with E-state index in [4.69, 9.17) is 9.72 Å². The molecule has 0 aromatic carbocycles. The molecule has 0 N–H and O–H groups in total. The van der Waals surface area contributed by atoms with Crippen LogP contribution in [0.5, 0.6) is 0 Å². The van der Waals surface area contributed by atoms with E-state index in [0.29, 0.717) is 0 Å². The van der Waals surface area contributed by atoms with Gasteiger partial charge >= 0.3 is 0 Å². The average molecular weight is 350 g/mol. The zero-order valence-electron chi connectivity index (χ0n) is 13.5. The van der Waals surface area contributed by atoms with E-state index in [2.05, 4.69) is 20.6 Å². The number of rotatable bonds is 4. The van der Waals surface area contributed by atoms with Crippen molar-refractivity contribution in [1.29, 1.82) is 0 Å².